The van der Waals surface area contributed by atoms with E-state index in [1.807, 2.05) is 0 Å². The van der Waals surface area contributed by atoms with Gasteiger partial charge in [0, 0.05) is 12.8 Å². The molecule has 3 rings (SSSR count). The fourth-order valence-corrected chi connectivity index (χ4v) is 2.88. The molecule has 1 aliphatic carbocycles. The third-order valence-electron chi connectivity index (χ3n) is 3.91. The molecule has 0 saturated heterocycles. The van der Waals surface area contributed by atoms with Crippen LogP contribution in [0.4, 0.5) is 4.39 Å². The van der Waals surface area contributed by atoms with Gasteiger partial charge >= 0.3 is 5.97 Å². The Kier molecular flexibility index (Phi) is 2.64. The van der Waals surface area contributed by atoms with Gasteiger partial charge in [0.2, 0.25) is 0 Å². The van der Waals surface area contributed by atoms with Crippen molar-refractivity contribution in [1.29, 1.82) is 0 Å². The molecule has 0 radical (unpaired) electrons. The first-order valence-corrected chi connectivity index (χ1v) is 6.21. The molecule has 6 heteroatoms. The SMILES string of the molecule is COC(=O)C1(N2C(=O)c3ccccc3C2=O)CC(F)C1. The Morgan fingerprint density at radius 2 is 1.75 bits per heavy atom. The third kappa shape index (κ3) is 1.44. The summed E-state index contributed by atoms with van der Waals surface area (Å²) in [5.74, 6) is -1.88. The Hall–Kier alpha value is -2.24. The van der Waals surface area contributed by atoms with Crippen LogP contribution in [0, 0.1) is 0 Å². The molecule has 0 bridgehead atoms. The number of esters is 1. The number of halogens is 1. The second-order valence-electron chi connectivity index (χ2n) is 5.02. The number of imide groups is 1. The van der Waals surface area contributed by atoms with Gasteiger partial charge in [0.05, 0.1) is 18.2 Å². The van der Waals surface area contributed by atoms with Crippen molar-refractivity contribution in [1.82, 2.24) is 4.90 Å². The van der Waals surface area contributed by atoms with Crippen molar-refractivity contribution in [2.45, 2.75) is 24.6 Å². The van der Waals surface area contributed by atoms with Crippen LogP contribution in [0.25, 0.3) is 0 Å². The van der Waals surface area contributed by atoms with E-state index in [1.165, 1.54) is 12.1 Å². The number of nitrogens with zero attached hydrogens (tertiary/aromatic N) is 1. The predicted octanol–water partition coefficient (Wildman–Crippen LogP) is 1.33. The molecule has 2 aliphatic rings. The number of methoxy groups -OCH3 is 1. The molecule has 0 unspecified atom stereocenters. The van der Waals surface area contributed by atoms with Gasteiger partial charge < -0.3 is 4.74 Å². The monoisotopic (exact) mass is 277 g/mol. The molecule has 0 atom stereocenters. The highest BCUT2D eigenvalue weighted by molar-refractivity contribution is 6.23. The van der Waals surface area contributed by atoms with Gasteiger partial charge in [-0.05, 0) is 12.1 Å². The van der Waals surface area contributed by atoms with Crippen LogP contribution in [0.3, 0.4) is 0 Å². The second-order valence-corrected chi connectivity index (χ2v) is 5.02. The first-order valence-electron chi connectivity index (χ1n) is 6.21. The number of alkyl halides is 1. The average molecular weight is 277 g/mol. The fraction of sp³-hybridized carbons (Fsp3) is 0.357. The Labute approximate surface area is 114 Å². The molecule has 0 spiro atoms. The summed E-state index contributed by atoms with van der Waals surface area (Å²) in [6.45, 7) is 0. The van der Waals surface area contributed by atoms with Crippen LogP contribution < -0.4 is 0 Å². The van der Waals surface area contributed by atoms with Gasteiger partial charge in [0.1, 0.15) is 6.17 Å². The molecule has 5 nitrogen and oxygen atoms in total. The Morgan fingerprint density at radius 3 is 2.15 bits per heavy atom. The number of benzene rings is 1. The molecule has 1 aromatic rings. The van der Waals surface area contributed by atoms with Crippen molar-refractivity contribution in [3.8, 4) is 0 Å². The zero-order valence-electron chi connectivity index (χ0n) is 10.8. The van der Waals surface area contributed by atoms with Crippen molar-refractivity contribution >= 4 is 17.8 Å². The second kappa shape index (κ2) is 4.13. The number of rotatable bonds is 2. The zero-order valence-corrected chi connectivity index (χ0v) is 10.8. The van der Waals surface area contributed by atoms with Crippen LogP contribution in [0.15, 0.2) is 24.3 Å². The summed E-state index contributed by atoms with van der Waals surface area (Å²) in [6.07, 6.45) is -1.62. The van der Waals surface area contributed by atoms with Crippen molar-refractivity contribution in [3.05, 3.63) is 35.4 Å². The number of amides is 2. The van der Waals surface area contributed by atoms with E-state index in [1.54, 1.807) is 12.1 Å². The lowest BCUT2D eigenvalue weighted by Crippen LogP contribution is -2.65. The summed E-state index contributed by atoms with van der Waals surface area (Å²) >= 11 is 0. The van der Waals surface area contributed by atoms with Crippen molar-refractivity contribution in [2.75, 3.05) is 7.11 Å². The van der Waals surface area contributed by atoms with Gasteiger partial charge in [-0.1, -0.05) is 12.1 Å². The van der Waals surface area contributed by atoms with Crippen LogP contribution in [0.1, 0.15) is 33.6 Å². The lowest BCUT2D eigenvalue weighted by molar-refractivity contribution is -0.161. The van der Waals surface area contributed by atoms with E-state index in [-0.39, 0.29) is 24.0 Å². The van der Waals surface area contributed by atoms with E-state index in [0.717, 1.165) is 12.0 Å². The summed E-state index contributed by atoms with van der Waals surface area (Å²) in [6, 6.07) is 6.31. The van der Waals surface area contributed by atoms with E-state index in [4.69, 9.17) is 0 Å². The molecule has 1 aromatic carbocycles. The predicted molar refractivity (Wildman–Crippen MR) is 65.8 cm³/mol. The molecule has 2 amide bonds. The van der Waals surface area contributed by atoms with E-state index >= 15 is 0 Å². The van der Waals surface area contributed by atoms with Gasteiger partial charge in [0.15, 0.2) is 5.54 Å². The molecule has 1 heterocycles. The highest BCUT2D eigenvalue weighted by atomic mass is 19.1. The zero-order chi connectivity index (χ0) is 14.5. The van der Waals surface area contributed by atoms with Crippen LogP contribution >= 0.6 is 0 Å². The Morgan fingerprint density at radius 1 is 1.25 bits per heavy atom. The number of fused-ring (bicyclic) bond motifs is 1. The van der Waals surface area contributed by atoms with E-state index in [9.17, 15) is 18.8 Å². The van der Waals surface area contributed by atoms with Crippen LogP contribution in [0.5, 0.6) is 0 Å². The summed E-state index contributed by atoms with van der Waals surface area (Å²) < 4.78 is 18.0. The van der Waals surface area contributed by atoms with E-state index < -0.39 is 29.5 Å². The highest BCUT2D eigenvalue weighted by Gasteiger charge is 2.61. The molecule has 1 saturated carbocycles. The maximum absolute atomic E-state index is 13.3. The molecule has 20 heavy (non-hydrogen) atoms. The minimum atomic E-state index is -1.50. The molecule has 1 fully saturated rings. The summed E-state index contributed by atoms with van der Waals surface area (Å²) in [5, 5.41) is 0. The number of carbonyl (C=O) groups excluding carboxylic acids is 3. The fourth-order valence-electron chi connectivity index (χ4n) is 2.88. The van der Waals surface area contributed by atoms with Crippen molar-refractivity contribution in [2.24, 2.45) is 0 Å². The lowest BCUT2D eigenvalue weighted by Gasteiger charge is -2.46. The lowest BCUT2D eigenvalue weighted by atomic mass is 9.73. The number of hydrogen-bond acceptors (Lipinski definition) is 4. The maximum Gasteiger partial charge on any atom is 0.332 e. The normalized spacial score (nSPS) is 28.1. The quantitative estimate of drug-likeness (QED) is 0.604. The number of hydrogen-bond donors (Lipinski definition) is 0. The van der Waals surface area contributed by atoms with Crippen molar-refractivity contribution < 1.29 is 23.5 Å². The molecule has 0 N–H and O–H groups in total. The first-order chi connectivity index (χ1) is 9.51. The minimum Gasteiger partial charge on any atom is -0.467 e. The number of ether oxygens (including phenoxy) is 1. The van der Waals surface area contributed by atoms with Crippen LogP contribution in [-0.2, 0) is 9.53 Å². The van der Waals surface area contributed by atoms with Gasteiger partial charge in [-0.15, -0.1) is 0 Å². The molecule has 1 aliphatic heterocycles. The van der Waals surface area contributed by atoms with Gasteiger partial charge in [0.25, 0.3) is 11.8 Å². The smallest absolute Gasteiger partial charge is 0.332 e. The Balaban J connectivity index is 2.05. The Bertz CT molecular complexity index is 586. The van der Waals surface area contributed by atoms with E-state index in [2.05, 4.69) is 4.74 Å². The molecule has 104 valence electrons. The van der Waals surface area contributed by atoms with E-state index in [0.29, 0.717) is 0 Å². The summed E-state index contributed by atoms with van der Waals surface area (Å²) in [5.41, 5.74) is -1.02. The highest BCUT2D eigenvalue weighted by Crippen LogP contribution is 2.44. The van der Waals surface area contributed by atoms with Crippen molar-refractivity contribution in [3.63, 3.8) is 0 Å². The molecular formula is C14H12FNO4. The molecular weight excluding hydrogens is 265 g/mol. The topological polar surface area (TPSA) is 63.7 Å². The minimum absolute atomic E-state index is 0.203. The summed E-state index contributed by atoms with van der Waals surface area (Å²) in [4.78, 5) is 37.5. The maximum atomic E-state index is 13.3. The van der Waals surface area contributed by atoms with Crippen LogP contribution in [0.2, 0.25) is 0 Å². The summed E-state index contributed by atoms with van der Waals surface area (Å²) in [7, 11) is 1.16. The van der Waals surface area contributed by atoms with Gasteiger partial charge in [-0.2, -0.15) is 0 Å². The first kappa shape index (κ1) is 12.8. The third-order valence-corrected chi connectivity index (χ3v) is 3.91. The van der Waals surface area contributed by atoms with Crippen LogP contribution in [-0.4, -0.2) is 41.5 Å². The standard InChI is InChI=1S/C14H12FNO4/c1-20-13(19)14(6-8(15)7-14)16-11(17)9-4-2-3-5-10(9)12(16)18/h2-5,8H,6-7H2,1H3. The number of carbonyl (C=O) groups is 3. The van der Waals surface area contributed by atoms with Gasteiger partial charge in [-0.25, -0.2) is 9.18 Å². The largest absolute Gasteiger partial charge is 0.467 e. The molecule has 0 aromatic heterocycles. The average Bonchev–Trinajstić information content (AvgIpc) is 2.67. The van der Waals surface area contributed by atoms with Gasteiger partial charge in [-0.3, -0.25) is 14.5 Å².